The SMILES string of the molecule is CCC(=O)[C@H]1[C@@H](C(=O)OC)[C@@H](CC)C[C@H]1/C=C/c1ccc(F)cc1. The van der Waals surface area contributed by atoms with Crippen molar-refractivity contribution in [3.05, 3.63) is 41.7 Å². The second-order valence-corrected chi connectivity index (χ2v) is 6.37. The summed E-state index contributed by atoms with van der Waals surface area (Å²) in [5.41, 5.74) is 0.883. The number of halogens is 1. The summed E-state index contributed by atoms with van der Waals surface area (Å²) in [6.45, 7) is 3.87. The van der Waals surface area contributed by atoms with Gasteiger partial charge in [0.2, 0.25) is 0 Å². The summed E-state index contributed by atoms with van der Waals surface area (Å²) in [5, 5.41) is 0. The first-order valence-electron chi connectivity index (χ1n) is 8.56. The number of methoxy groups -OCH3 is 1. The topological polar surface area (TPSA) is 43.4 Å². The van der Waals surface area contributed by atoms with Crippen molar-refractivity contribution in [3.63, 3.8) is 0 Å². The van der Waals surface area contributed by atoms with E-state index in [1.54, 1.807) is 12.1 Å². The van der Waals surface area contributed by atoms with Gasteiger partial charge in [-0.25, -0.2) is 4.39 Å². The van der Waals surface area contributed by atoms with Gasteiger partial charge >= 0.3 is 5.97 Å². The largest absolute Gasteiger partial charge is 0.469 e. The molecule has 0 bridgehead atoms. The highest BCUT2D eigenvalue weighted by molar-refractivity contribution is 5.88. The maximum atomic E-state index is 13.0. The van der Waals surface area contributed by atoms with Crippen LogP contribution in [-0.4, -0.2) is 18.9 Å². The molecule has 0 radical (unpaired) electrons. The van der Waals surface area contributed by atoms with E-state index in [9.17, 15) is 14.0 Å². The van der Waals surface area contributed by atoms with E-state index in [4.69, 9.17) is 4.74 Å². The fourth-order valence-corrected chi connectivity index (χ4v) is 3.78. The van der Waals surface area contributed by atoms with Gasteiger partial charge in [-0.15, -0.1) is 0 Å². The van der Waals surface area contributed by atoms with Gasteiger partial charge in [0, 0.05) is 12.3 Å². The van der Waals surface area contributed by atoms with Gasteiger partial charge in [-0.1, -0.05) is 44.6 Å². The Morgan fingerprint density at radius 2 is 1.88 bits per heavy atom. The number of Topliss-reactive ketones (excluding diaryl/α,β-unsaturated/α-hetero) is 1. The Labute approximate surface area is 142 Å². The molecule has 0 spiro atoms. The van der Waals surface area contributed by atoms with Crippen LogP contribution in [0.15, 0.2) is 30.3 Å². The lowest BCUT2D eigenvalue weighted by molar-refractivity contribution is -0.151. The van der Waals surface area contributed by atoms with Gasteiger partial charge in [0.05, 0.1) is 13.0 Å². The van der Waals surface area contributed by atoms with Crippen LogP contribution in [0.3, 0.4) is 0 Å². The number of hydrogen-bond acceptors (Lipinski definition) is 3. The number of esters is 1. The molecule has 0 N–H and O–H groups in total. The number of ketones is 1. The van der Waals surface area contributed by atoms with Crippen molar-refractivity contribution in [2.45, 2.75) is 33.1 Å². The summed E-state index contributed by atoms with van der Waals surface area (Å²) in [5.74, 6) is -0.984. The highest BCUT2D eigenvalue weighted by Crippen LogP contribution is 2.45. The number of rotatable bonds is 6. The maximum absolute atomic E-state index is 13.0. The lowest BCUT2D eigenvalue weighted by atomic mass is 9.82. The van der Waals surface area contributed by atoms with E-state index in [0.717, 1.165) is 18.4 Å². The molecule has 0 amide bonds. The molecule has 4 heteroatoms. The van der Waals surface area contributed by atoms with Crippen LogP contribution < -0.4 is 0 Å². The number of allylic oxidation sites excluding steroid dienone is 1. The molecule has 4 atom stereocenters. The van der Waals surface area contributed by atoms with Crippen LogP contribution in [0.4, 0.5) is 4.39 Å². The van der Waals surface area contributed by atoms with Crippen molar-refractivity contribution in [1.82, 2.24) is 0 Å². The van der Waals surface area contributed by atoms with Gasteiger partial charge in [-0.2, -0.15) is 0 Å². The first-order chi connectivity index (χ1) is 11.5. The second kappa shape index (κ2) is 8.22. The van der Waals surface area contributed by atoms with E-state index in [-0.39, 0.29) is 41.2 Å². The zero-order valence-electron chi connectivity index (χ0n) is 14.5. The molecule has 1 aromatic carbocycles. The average Bonchev–Trinajstić information content (AvgIpc) is 2.98. The van der Waals surface area contributed by atoms with E-state index in [0.29, 0.717) is 6.42 Å². The minimum Gasteiger partial charge on any atom is -0.469 e. The fourth-order valence-electron chi connectivity index (χ4n) is 3.78. The number of benzene rings is 1. The normalized spacial score (nSPS) is 26.7. The van der Waals surface area contributed by atoms with Crippen molar-refractivity contribution < 1.29 is 18.7 Å². The first-order valence-corrected chi connectivity index (χ1v) is 8.56. The summed E-state index contributed by atoms with van der Waals surface area (Å²) in [6, 6.07) is 6.23. The van der Waals surface area contributed by atoms with Crippen LogP contribution in [0.2, 0.25) is 0 Å². The first kappa shape index (κ1) is 18.4. The summed E-state index contributed by atoms with van der Waals surface area (Å²) in [6.07, 6.45) is 5.96. The molecule has 0 saturated heterocycles. The van der Waals surface area contributed by atoms with Gasteiger partial charge in [-0.3, -0.25) is 9.59 Å². The molecule has 0 heterocycles. The van der Waals surface area contributed by atoms with Crippen molar-refractivity contribution in [2.24, 2.45) is 23.7 Å². The summed E-state index contributed by atoms with van der Waals surface area (Å²) in [7, 11) is 1.38. The predicted octanol–water partition coefficient (Wildman–Crippen LogP) is 4.27. The Morgan fingerprint density at radius 3 is 2.42 bits per heavy atom. The van der Waals surface area contributed by atoms with Crippen LogP contribution in [-0.2, 0) is 14.3 Å². The molecule has 1 aliphatic carbocycles. The van der Waals surface area contributed by atoms with Gasteiger partial charge in [-0.05, 0) is 36.0 Å². The quantitative estimate of drug-likeness (QED) is 0.731. The van der Waals surface area contributed by atoms with Crippen LogP contribution in [0, 0.1) is 29.5 Å². The van der Waals surface area contributed by atoms with E-state index in [1.807, 2.05) is 26.0 Å². The summed E-state index contributed by atoms with van der Waals surface area (Å²) >= 11 is 0. The minimum atomic E-state index is -0.365. The van der Waals surface area contributed by atoms with E-state index >= 15 is 0 Å². The second-order valence-electron chi connectivity index (χ2n) is 6.37. The molecule has 1 saturated carbocycles. The summed E-state index contributed by atoms with van der Waals surface area (Å²) in [4.78, 5) is 24.7. The van der Waals surface area contributed by atoms with E-state index in [2.05, 4.69) is 0 Å². The molecule has 1 fully saturated rings. The van der Waals surface area contributed by atoms with Crippen LogP contribution >= 0.6 is 0 Å². The van der Waals surface area contributed by atoms with Crippen molar-refractivity contribution in [1.29, 1.82) is 0 Å². The monoisotopic (exact) mass is 332 g/mol. The predicted molar refractivity (Wildman–Crippen MR) is 91.6 cm³/mol. The Kier molecular flexibility index (Phi) is 6.29. The molecule has 24 heavy (non-hydrogen) atoms. The number of ether oxygens (including phenoxy) is 1. The standard InChI is InChI=1S/C20H25FO3/c1-4-14-12-15(9-6-13-7-10-16(21)11-8-13)18(17(22)5-2)19(14)20(23)24-3/h6-11,14-15,18-19H,4-5,12H2,1-3H3/b9-6+/t14-,15+,18-,19-/m0/s1. The van der Waals surface area contributed by atoms with Crippen molar-refractivity contribution in [2.75, 3.05) is 7.11 Å². The highest BCUT2D eigenvalue weighted by Gasteiger charge is 2.48. The van der Waals surface area contributed by atoms with Crippen LogP contribution in [0.25, 0.3) is 6.08 Å². The molecule has 0 unspecified atom stereocenters. The van der Waals surface area contributed by atoms with Crippen molar-refractivity contribution >= 4 is 17.8 Å². The third kappa shape index (κ3) is 3.92. The Bertz CT molecular complexity index is 606. The Balaban J connectivity index is 2.27. The smallest absolute Gasteiger partial charge is 0.309 e. The molecule has 130 valence electrons. The third-order valence-electron chi connectivity index (χ3n) is 5.05. The number of carbonyl (C=O) groups excluding carboxylic acids is 2. The molecule has 2 rings (SSSR count). The Hall–Kier alpha value is -1.97. The highest BCUT2D eigenvalue weighted by atomic mass is 19.1. The molecule has 1 aliphatic rings. The molecule has 0 aliphatic heterocycles. The van der Waals surface area contributed by atoms with E-state index < -0.39 is 0 Å². The lowest BCUT2D eigenvalue weighted by Crippen LogP contribution is -2.32. The average molecular weight is 332 g/mol. The maximum Gasteiger partial charge on any atom is 0.309 e. The zero-order chi connectivity index (χ0) is 17.7. The number of hydrogen-bond donors (Lipinski definition) is 0. The number of carbonyl (C=O) groups is 2. The fraction of sp³-hybridized carbons (Fsp3) is 0.500. The van der Waals surface area contributed by atoms with Gasteiger partial charge < -0.3 is 4.74 Å². The molecule has 3 nitrogen and oxygen atoms in total. The molecule has 0 aromatic heterocycles. The third-order valence-corrected chi connectivity index (χ3v) is 5.05. The molecule has 1 aromatic rings. The lowest BCUT2D eigenvalue weighted by Gasteiger charge is -2.22. The van der Waals surface area contributed by atoms with Crippen LogP contribution in [0.1, 0.15) is 38.7 Å². The van der Waals surface area contributed by atoms with Crippen LogP contribution in [0.5, 0.6) is 0 Å². The Morgan fingerprint density at radius 1 is 1.21 bits per heavy atom. The minimum absolute atomic E-state index is 0.0107. The van der Waals surface area contributed by atoms with Gasteiger partial charge in [0.25, 0.3) is 0 Å². The molecular weight excluding hydrogens is 307 g/mol. The van der Waals surface area contributed by atoms with Crippen molar-refractivity contribution in [3.8, 4) is 0 Å². The zero-order valence-corrected chi connectivity index (χ0v) is 14.5. The van der Waals surface area contributed by atoms with Gasteiger partial charge in [0.1, 0.15) is 11.6 Å². The van der Waals surface area contributed by atoms with E-state index in [1.165, 1.54) is 19.2 Å². The van der Waals surface area contributed by atoms with Gasteiger partial charge in [0.15, 0.2) is 0 Å². The molecular formula is C20H25FO3. The summed E-state index contributed by atoms with van der Waals surface area (Å²) < 4.78 is 18.0.